The molecule has 1 amide bonds. The molecule has 0 aliphatic heterocycles. The maximum absolute atomic E-state index is 13.7. The summed E-state index contributed by atoms with van der Waals surface area (Å²) in [5.41, 5.74) is 7.82. The number of carbonyl (C=O) groups is 1. The predicted molar refractivity (Wildman–Crippen MR) is 80.5 cm³/mol. The van der Waals surface area contributed by atoms with Crippen molar-refractivity contribution in [1.82, 2.24) is 4.98 Å². The molecule has 4 N–H and O–H groups in total. The van der Waals surface area contributed by atoms with Gasteiger partial charge < -0.3 is 16.0 Å². The van der Waals surface area contributed by atoms with E-state index in [1.807, 2.05) is 30.5 Å². The fourth-order valence-corrected chi connectivity index (χ4v) is 2.22. The van der Waals surface area contributed by atoms with Crippen molar-refractivity contribution in [2.24, 2.45) is 5.73 Å². The van der Waals surface area contributed by atoms with Gasteiger partial charge in [-0.15, -0.1) is 0 Å². The van der Waals surface area contributed by atoms with Gasteiger partial charge >= 0.3 is 0 Å². The van der Waals surface area contributed by atoms with Gasteiger partial charge in [-0.25, -0.2) is 4.39 Å². The van der Waals surface area contributed by atoms with Gasteiger partial charge in [0.1, 0.15) is 5.82 Å². The van der Waals surface area contributed by atoms with Crippen LogP contribution in [0.4, 0.5) is 10.1 Å². The highest BCUT2D eigenvalue weighted by Gasteiger charge is 2.07. The van der Waals surface area contributed by atoms with Gasteiger partial charge in [0.15, 0.2) is 0 Å². The Morgan fingerprint density at radius 2 is 2.05 bits per heavy atom. The first kappa shape index (κ1) is 13.2. The summed E-state index contributed by atoms with van der Waals surface area (Å²) in [5, 5.41) is 4.09. The van der Waals surface area contributed by atoms with Gasteiger partial charge in [-0.1, -0.05) is 6.07 Å². The van der Waals surface area contributed by atoms with Crippen LogP contribution in [-0.2, 0) is 6.54 Å². The minimum absolute atomic E-state index is 0.264. The van der Waals surface area contributed by atoms with Crippen LogP contribution in [0.2, 0.25) is 0 Å². The number of nitrogens with one attached hydrogen (secondary N) is 2. The number of aromatic nitrogens is 1. The van der Waals surface area contributed by atoms with Crippen molar-refractivity contribution in [3.05, 3.63) is 65.6 Å². The third-order valence-electron chi connectivity index (χ3n) is 3.35. The summed E-state index contributed by atoms with van der Waals surface area (Å²) in [7, 11) is 0. The van der Waals surface area contributed by atoms with E-state index in [4.69, 9.17) is 5.73 Å². The van der Waals surface area contributed by atoms with E-state index in [0.717, 1.165) is 16.5 Å². The van der Waals surface area contributed by atoms with E-state index in [9.17, 15) is 9.18 Å². The lowest BCUT2D eigenvalue weighted by molar-refractivity contribution is 0.100. The van der Waals surface area contributed by atoms with Crippen molar-refractivity contribution >= 4 is 22.5 Å². The van der Waals surface area contributed by atoms with Gasteiger partial charge in [0.2, 0.25) is 5.91 Å². The number of fused-ring (bicyclic) bond motifs is 1. The number of hydrogen-bond donors (Lipinski definition) is 3. The van der Waals surface area contributed by atoms with Crippen LogP contribution in [0.3, 0.4) is 0 Å². The SMILES string of the molecule is NC(=O)c1ccc(F)c(NCc2ccc3[nH]ccc3c2)c1. The van der Waals surface area contributed by atoms with Crippen LogP contribution in [0, 0.1) is 5.82 Å². The minimum Gasteiger partial charge on any atom is -0.379 e. The summed E-state index contributed by atoms with van der Waals surface area (Å²) in [6.07, 6.45) is 1.87. The van der Waals surface area contributed by atoms with E-state index in [1.165, 1.54) is 18.2 Å². The van der Waals surface area contributed by atoms with Crippen LogP contribution < -0.4 is 11.1 Å². The summed E-state index contributed by atoms with van der Waals surface area (Å²) >= 11 is 0. The Labute approximate surface area is 120 Å². The van der Waals surface area contributed by atoms with Gasteiger partial charge in [-0.3, -0.25) is 4.79 Å². The van der Waals surface area contributed by atoms with E-state index >= 15 is 0 Å². The molecule has 0 saturated carbocycles. The third kappa shape index (κ3) is 2.72. The average Bonchev–Trinajstić information content (AvgIpc) is 2.93. The molecule has 0 spiro atoms. The zero-order valence-electron chi connectivity index (χ0n) is 11.2. The maximum atomic E-state index is 13.7. The lowest BCUT2D eigenvalue weighted by Crippen LogP contribution is -2.12. The van der Waals surface area contributed by atoms with Crippen LogP contribution >= 0.6 is 0 Å². The second-order valence-corrected chi connectivity index (χ2v) is 4.81. The van der Waals surface area contributed by atoms with E-state index in [2.05, 4.69) is 10.3 Å². The zero-order chi connectivity index (χ0) is 14.8. The summed E-state index contributed by atoms with van der Waals surface area (Å²) in [6.45, 7) is 0.459. The Morgan fingerprint density at radius 1 is 1.19 bits per heavy atom. The Bertz CT molecular complexity index is 810. The molecule has 5 heteroatoms. The topological polar surface area (TPSA) is 70.9 Å². The Balaban J connectivity index is 1.80. The van der Waals surface area contributed by atoms with E-state index in [1.54, 1.807) is 0 Å². The number of nitrogens with two attached hydrogens (primary N) is 1. The van der Waals surface area contributed by atoms with Gasteiger partial charge in [0.05, 0.1) is 5.69 Å². The molecule has 1 aromatic heterocycles. The highest BCUT2D eigenvalue weighted by atomic mass is 19.1. The first-order valence-corrected chi connectivity index (χ1v) is 6.53. The lowest BCUT2D eigenvalue weighted by atomic mass is 10.1. The smallest absolute Gasteiger partial charge is 0.248 e. The molecule has 0 radical (unpaired) electrons. The Morgan fingerprint density at radius 3 is 2.86 bits per heavy atom. The number of carbonyl (C=O) groups excluding carboxylic acids is 1. The van der Waals surface area contributed by atoms with Crippen molar-refractivity contribution in [3.63, 3.8) is 0 Å². The highest BCUT2D eigenvalue weighted by Crippen LogP contribution is 2.19. The largest absolute Gasteiger partial charge is 0.379 e. The first-order valence-electron chi connectivity index (χ1n) is 6.53. The van der Waals surface area contributed by atoms with Crippen LogP contribution in [0.25, 0.3) is 10.9 Å². The molecule has 3 rings (SSSR count). The molecule has 0 atom stereocenters. The Hall–Kier alpha value is -2.82. The van der Waals surface area contributed by atoms with E-state index in [-0.39, 0.29) is 11.3 Å². The molecule has 1 heterocycles. The quantitative estimate of drug-likeness (QED) is 0.688. The number of aromatic amines is 1. The summed E-state index contributed by atoms with van der Waals surface area (Å²) in [6, 6.07) is 12.0. The molecule has 21 heavy (non-hydrogen) atoms. The molecule has 2 aromatic carbocycles. The maximum Gasteiger partial charge on any atom is 0.248 e. The number of halogens is 1. The second kappa shape index (κ2) is 5.28. The molecule has 0 saturated heterocycles. The molecular formula is C16H14FN3O. The monoisotopic (exact) mass is 283 g/mol. The van der Waals surface area contributed by atoms with Crippen LogP contribution in [0.15, 0.2) is 48.7 Å². The van der Waals surface area contributed by atoms with Gasteiger partial charge in [0, 0.05) is 23.8 Å². The number of H-pyrrole nitrogens is 1. The molecule has 0 bridgehead atoms. The van der Waals surface area contributed by atoms with Crippen molar-refractivity contribution in [3.8, 4) is 0 Å². The van der Waals surface area contributed by atoms with Crippen LogP contribution in [0.1, 0.15) is 15.9 Å². The third-order valence-corrected chi connectivity index (χ3v) is 3.35. The first-order chi connectivity index (χ1) is 10.1. The van der Waals surface area contributed by atoms with Crippen molar-refractivity contribution in [2.45, 2.75) is 6.54 Å². The fraction of sp³-hybridized carbons (Fsp3) is 0.0625. The van der Waals surface area contributed by atoms with E-state index < -0.39 is 11.7 Å². The number of benzene rings is 2. The number of amides is 1. The molecule has 0 unspecified atom stereocenters. The van der Waals surface area contributed by atoms with Crippen LogP contribution in [0.5, 0.6) is 0 Å². The molecule has 0 fully saturated rings. The number of anilines is 1. The average molecular weight is 283 g/mol. The standard InChI is InChI=1S/C16H14FN3O/c17-13-3-2-12(16(18)21)8-15(13)20-9-10-1-4-14-11(7-10)5-6-19-14/h1-8,19-20H,9H2,(H2,18,21). The molecule has 0 aliphatic carbocycles. The van der Waals surface area contributed by atoms with Crippen molar-refractivity contribution in [2.75, 3.05) is 5.32 Å². The van der Waals surface area contributed by atoms with Gasteiger partial charge in [-0.2, -0.15) is 0 Å². The molecule has 106 valence electrons. The lowest BCUT2D eigenvalue weighted by Gasteiger charge is -2.09. The van der Waals surface area contributed by atoms with Crippen molar-refractivity contribution in [1.29, 1.82) is 0 Å². The molecule has 4 nitrogen and oxygen atoms in total. The van der Waals surface area contributed by atoms with Gasteiger partial charge in [0.25, 0.3) is 0 Å². The molecule has 3 aromatic rings. The van der Waals surface area contributed by atoms with Crippen LogP contribution in [-0.4, -0.2) is 10.9 Å². The number of rotatable bonds is 4. The Kier molecular flexibility index (Phi) is 3.31. The summed E-state index contributed by atoms with van der Waals surface area (Å²) < 4.78 is 13.7. The molecule has 0 aliphatic rings. The summed E-state index contributed by atoms with van der Waals surface area (Å²) in [4.78, 5) is 14.2. The summed E-state index contributed by atoms with van der Waals surface area (Å²) in [5.74, 6) is -0.991. The highest BCUT2D eigenvalue weighted by molar-refractivity contribution is 5.93. The fourth-order valence-electron chi connectivity index (χ4n) is 2.22. The zero-order valence-corrected chi connectivity index (χ0v) is 11.2. The second-order valence-electron chi connectivity index (χ2n) is 4.81. The minimum atomic E-state index is -0.577. The normalized spacial score (nSPS) is 10.7. The van der Waals surface area contributed by atoms with Crippen molar-refractivity contribution < 1.29 is 9.18 Å². The number of primary amides is 1. The predicted octanol–water partition coefficient (Wildman–Crippen LogP) is 3.02. The molecular weight excluding hydrogens is 269 g/mol. The van der Waals surface area contributed by atoms with Gasteiger partial charge in [-0.05, 0) is 47.3 Å². The van der Waals surface area contributed by atoms with E-state index in [0.29, 0.717) is 6.54 Å². The number of hydrogen-bond acceptors (Lipinski definition) is 2.